The van der Waals surface area contributed by atoms with Crippen LogP contribution in [0.4, 0.5) is 0 Å². The molecule has 0 aliphatic heterocycles. The third-order valence-electron chi connectivity index (χ3n) is 1.38. The van der Waals surface area contributed by atoms with Gasteiger partial charge in [0, 0.05) is 14.9 Å². The number of rotatable bonds is 6. The van der Waals surface area contributed by atoms with E-state index >= 15 is 0 Å². The van der Waals surface area contributed by atoms with Gasteiger partial charge in [0.1, 0.15) is 0 Å². The van der Waals surface area contributed by atoms with Crippen molar-refractivity contribution in [1.29, 1.82) is 0 Å². The van der Waals surface area contributed by atoms with Gasteiger partial charge in [-0.1, -0.05) is 26.2 Å². The summed E-state index contributed by atoms with van der Waals surface area (Å²) >= 11 is 0. The predicted octanol–water partition coefficient (Wildman–Crippen LogP) is 3.20. The molecule has 0 saturated heterocycles. The van der Waals surface area contributed by atoms with Crippen LogP contribution in [-0.2, 0) is 0 Å². The fourth-order valence-corrected chi connectivity index (χ4v) is 3.02. The molecule has 0 nitrogen and oxygen atoms in total. The number of hydrogen-bond acceptors (Lipinski definition) is 0. The summed E-state index contributed by atoms with van der Waals surface area (Å²) in [6.07, 6.45) is 7.31. The van der Waals surface area contributed by atoms with Crippen molar-refractivity contribution >= 4 is 16.5 Å². The molecule has 0 aliphatic rings. The van der Waals surface area contributed by atoms with Crippen LogP contribution in [0.1, 0.15) is 32.6 Å². The first-order valence-corrected chi connectivity index (χ1v) is 8.10. The van der Waals surface area contributed by atoms with Crippen LogP contribution >= 0.6 is 16.5 Å². The molecule has 0 aliphatic carbocycles. The van der Waals surface area contributed by atoms with Crippen molar-refractivity contribution in [2.75, 3.05) is 12.8 Å². The molecular formula is C7H19P2+. The number of hydrogen-bond donors (Lipinski definition) is 0. The maximum absolute atomic E-state index is 2.36. The van der Waals surface area contributed by atoms with Crippen LogP contribution < -0.4 is 0 Å². The lowest BCUT2D eigenvalue weighted by atomic mass is 10.2. The second-order valence-corrected chi connectivity index (χ2v) is 6.75. The summed E-state index contributed by atoms with van der Waals surface area (Å²) < 4.78 is 0. The van der Waals surface area contributed by atoms with Crippen molar-refractivity contribution in [2.24, 2.45) is 0 Å². The lowest BCUT2D eigenvalue weighted by molar-refractivity contribution is 0.706. The molecular weight excluding hydrogens is 146 g/mol. The molecule has 2 atom stereocenters. The fraction of sp³-hybridized carbons (Fsp3) is 1.00. The van der Waals surface area contributed by atoms with Gasteiger partial charge in [0.05, 0.1) is 0 Å². The van der Waals surface area contributed by atoms with Gasteiger partial charge < -0.3 is 0 Å². The Balaban J connectivity index is 2.60. The Morgan fingerprint density at radius 3 is 2.56 bits per heavy atom. The van der Waals surface area contributed by atoms with Gasteiger partial charge in [0.15, 0.2) is 0 Å². The molecule has 2 heteroatoms. The van der Waals surface area contributed by atoms with E-state index < -0.39 is 0 Å². The molecule has 0 fully saturated rings. The van der Waals surface area contributed by atoms with Gasteiger partial charge in [0.2, 0.25) is 0 Å². The molecule has 0 N–H and O–H groups in total. The van der Waals surface area contributed by atoms with Crippen LogP contribution in [0.25, 0.3) is 0 Å². The Morgan fingerprint density at radius 1 is 1.22 bits per heavy atom. The van der Waals surface area contributed by atoms with Gasteiger partial charge in [-0.05, 0) is 20.9 Å². The smallest absolute Gasteiger partial charge is 0.0464 e. The maximum Gasteiger partial charge on any atom is 0.0464 e. The van der Waals surface area contributed by atoms with Crippen molar-refractivity contribution in [2.45, 2.75) is 32.6 Å². The molecule has 0 rings (SSSR count). The minimum atomic E-state index is 0.802. The highest BCUT2D eigenvalue weighted by Gasteiger charge is 1.89. The Morgan fingerprint density at radius 2 is 2.00 bits per heavy atom. The Hall–Kier alpha value is 0.860. The molecule has 2 unspecified atom stereocenters. The van der Waals surface area contributed by atoms with Gasteiger partial charge in [-0.3, -0.25) is 0 Å². The van der Waals surface area contributed by atoms with Crippen molar-refractivity contribution in [1.82, 2.24) is 0 Å². The van der Waals surface area contributed by atoms with Gasteiger partial charge in [0.25, 0.3) is 0 Å². The zero-order valence-electron chi connectivity index (χ0n) is 6.61. The third-order valence-corrected chi connectivity index (χ3v) is 4.52. The van der Waals surface area contributed by atoms with E-state index in [0.717, 1.165) is 8.27 Å². The highest BCUT2D eigenvalue weighted by atomic mass is 32.0. The first-order chi connectivity index (χ1) is 4.41. The Bertz CT molecular complexity index is 40.2. The van der Waals surface area contributed by atoms with Crippen molar-refractivity contribution < 1.29 is 0 Å². The summed E-state index contributed by atoms with van der Waals surface area (Å²) in [6, 6.07) is 0. The average Bonchev–Trinajstić information content (AvgIpc) is 1.89. The summed E-state index contributed by atoms with van der Waals surface area (Å²) in [7, 11) is 2.11. The SMILES string of the molecule is CCCCCCP[PH2+]C. The average molecular weight is 165 g/mol. The molecule has 0 heterocycles. The standard InChI is InChI=1S/C7H18P2/c1-3-4-5-6-7-9-8-2/h8-9H,3-7H2,1-2H3/p+1. The van der Waals surface area contributed by atoms with E-state index in [2.05, 4.69) is 13.6 Å². The van der Waals surface area contributed by atoms with Crippen molar-refractivity contribution in [3.8, 4) is 0 Å². The third kappa shape index (κ3) is 8.86. The minimum Gasteiger partial charge on any atom is -0.0654 e. The summed E-state index contributed by atoms with van der Waals surface area (Å²) in [4.78, 5) is 0. The highest BCUT2D eigenvalue weighted by molar-refractivity contribution is 8.11. The molecule has 0 bridgehead atoms. The van der Waals surface area contributed by atoms with Crippen molar-refractivity contribution in [3.63, 3.8) is 0 Å². The summed E-state index contributed by atoms with van der Waals surface area (Å²) in [6.45, 7) is 4.63. The van der Waals surface area contributed by atoms with E-state index in [4.69, 9.17) is 0 Å². The van der Waals surface area contributed by atoms with E-state index in [-0.39, 0.29) is 0 Å². The van der Waals surface area contributed by atoms with Gasteiger partial charge in [-0.15, -0.1) is 0 Å². The fourth-order valence-electron chi connectivity index (χ4n) is 0.798. The molecule has 9 heavy (non-hydrogen) atoms. The molecule has 0 aromatic heterocycles. The molecule has 56 valence electrons. The van der Waals surface area contributed by atoms with Gasteiger partial charge in [-0.25, -0.2) is 0 Å². The molecule has 0 amide bonds. The normalized spacial score (nSPS) is 12.7. The lowest BCUT2D eigenvalue weighted by Crippen LogP contribution is -1.75. The van der Waals surface area contributed by atoms with Crippen molar-refractivity contribution in [3.05, 3.63) is 0 Å². The maximum atomic E-state index is 2.36. The largest absolute Gasteiger partial charge is 0.0654 e. The van der Waals surface area contributed by atoms with Crippen LogP contribution in [0.3, 0.4) is 0 Å². The van der Waals surface area contributed by atoms with Gasteiger partial charge in [-0.2, -0.15) is 0 Å². The summed E-state index contributed by atoms with van der Waals surface area (Å²) in [5.41, 5.74) is 0. The molecule has 0 aromatic carbocycles. The quantitative estimate of drug-likeness (QED) is 0.418. The summed E-state index contributed by atoms with van der Waals surface area (Å²) in [5.74, 6) is 0. The molecule has 0 spiro atoms. The zero-order valence-corrected chi connectivity index (χ0v) is 8.77. The van der Waals surface area contributed by atoms with Crippen LogP contribution in [0.2, 0.25) is 0 Å². The minimum absolute atomic E-state index is 0.802. The topological polar surface area (TPSA) is 0 Å². The summed E-state index contributed by atoms with van der Waals surface area (Å²) in [5, 5.41) is 0. The Labute approximate surface area is 62.7 Å². The monoisotopic (exact) mass is 165 g/mol. The lowest BCUT2D eigenvalue weighted by Gasteiger charge is -1.93. The zero-order chi connectivity index (χ0) is 6.95. The second kappa shape index (κ2) is 8.86. The van der Waals surface area contributed by atoms with Gasteiger partial charge >= 0.3 is 0 Å². The predicted molar refractivity (Wildman–Crippen MR) is 53.0 cm³/mol. The van der Waals surface area contributed by atoms with E-state index in [1.54, 1.807) is 0 Å². The van der Waals surface area contributed by atoms with Crippen LogP contribution in [0.5, 0.6) is 0 Å². The highest BCUT2D eigenvalue weighted by Crippen LogP contribution is 2.33. The van der Waals surface area contributed by atoms with E-state index in [1.807, 2.05) is 0 Å². The first-order valence-electron chi connectivity index (χ1n) is 3.93. The van der Waals surface area contributed by atoms with E-state index in [1.165, 1.54) is 40.1 Å². The van der Waals surface area contributed by atoms with E-state index in [9.17, 15) is 0 Å². The molecule has 0 saturated carbocycles. The van der Waals surface area contributed by atoms with Crippen LogP contribution in [0, 0.1) is 0 Å². The number of unbranched alkanes of at least 4 members (excludes halogenated alkanes) is 3. The first kappa shape index (κ1) is 9.86. The van der Waals surface area contributed by atoms with Crippen LogP contribution in [-0.4, -0.2) is 12.8 Å². The Kier molecular flexibility index (Phi) is 9.71. The molecule has 0 radical (unpaired) electrons. The molecule has 0 aromatic rings. The van der Waals surface area contributed by atoms with E-state index in [0.29, 0.717) is 0 Å². The van der Waals surface area contributed by atoms with Crippen LogP contribution in [0.15, 0.2) is 0 Å². The second-order valence-electron chi connectivity index (χ2n) is 2.30.